The number of piperazine rings is 1. The molecule has 1 atom stereocenters. The maximum atomic E-state index is 15.7. The van der Waals surface area contributed by atoms with Crippen LogP contribution in [0.1, 0.15) is 29.3 Å². The van der Waals surface area contributed by atoms with Crippen LogP contribution in [0, 0.1) is 11.6 Å². The summed E-state index contributed by atoms with van der Waals surface area (Å²) >= 11 is 0. The standard InChI is InChI=1S/C30H34F5N7O/c1-19-18-42(12-10-40(19)3)27-15-25(32)23(20-16-36-29(37-17-20)41-8-4-7-39(2)9-11-41)14-26(27)38-28(43)22-6-5-21(31)13-24(22)30(33,34)35/h5-6,13-17,19H,4,7-12,18H2,1-3H3,(H,38,43)/t19-/m1/s1. The molecule has 43 heavy (non-hydrogen) atoms. The molecule has 0 aliphatic carbocycles. The Hall–Kier alpha value is -3.84. The monoisotopic (exact) mass is 603 g/mol. The maximum Gasteiger partial charge on any atom is 0.417 e. The Bertz CT molecular complexity index is 1470. The van der Waals surface area contributed by atoms with Crippen molar-refractivity contribution in [1.29, 1.82) is 0 Å². The summed E-state index contributed by atoms with van der Waals surface area (Å²) in [6, 6.07) is 4.65. The van der Waals surface area contributed by atoms with Crippen LogP contribution in [-0.2, 0) is 6.18 Å². The number of aromatic nitrogens is 2. The molecule has 8 nitrogen and oxygen atoms in total. The number of halogens is 5. The lowest BCUT2D eigenvalue weighted by Crippen LogP contribution is -2.50. The Balaban J connectivity index is 1.51. The number of benzene rings is 2. The number of alkyl halides is 3. The minimum Gasteiger partial charge on any atom is -0.367 e. The van der Waals surface area contributed by atoms with E-state index >= 15 is 4.39 Å². The molecule has 0 spiro atoms. The van der Waals surface area contributed by atoms with Gasteiger partial charge in [-0.1, -0.05) is 0 Å². The van der Waals surface area contributed by atoms with Crippen molar-refractivity contribution in [2.24, 2.45) is 0 Å². The van der Waals surface area contributed by atoms with Gasteiger partial charge < -0.3 is 24.9 Å². The number of anilines is 3. The number of likely N-dealkylation sites (N-methyl/N-ethyl adjacent to an activating group) is 2. The SMILES string of the molecule is C[C@@H]1CN(c2cc(F)c(-c3cnc(N4CCCN(C)CC4)nc3)cc2NC(=O)c2ccc(F)cc2C(F)(F)F)CCN1C. The Kier molecular flexibility index (Phi) is 8.84. The van der Waals surface area contributed by atoms with Crippen molar-refractivity contribution < 1.29 is 26.7 Å². The molecule has 1 N–H and O–H groups in total. The molecule has 230 valence electrons. The first-order valence-corrected chi connectivity index (χ1v) is 14.1. The van der Waals surface area contributed by atoms with E-state index in [4.69, 9.17) is 0 Å². The first-order valence-electron chi connectivity index (χ1n) is 14.1. The molecule has 5 rings (SSSR count). The van der Waals surface area contributed by atoms with Gasteiger partial charge in [0.05, 0.1) is 22.5 Å². The van der Waals surface area contributed by atoms with E-state index in [0.29, 0.717) is 36.8 Å². The summed E-state index contributed by atoms with van der Waals surface area (Å²) in [4.78, 5) is 30.5. The van der Waals surface area contributed by atoms with E-state index in [1.165, 1.54) is 24.5 Å². The van der Waals surface area contributed by atoms with E-state index in [2.05, 4.69) is 37.0 Å². The summed E-state index contributed by atoms with van der Waals surface area (Å²) in [5.74, 6) is -2.28. The molecule has 2 aromatic carbocycles. The summed E-state index contributed by atoms with van der Waals surface area (Å²) in [7, 11) is 4.02. The number of rotatable bonds is 5. The van der Waals surface area contributed by atoms with Crippen molar-refractivity contribution in [1.82, 2.24) is 19.8 Å². The van der Waals surface area contributed by atoms with E-state index in [1.54, 1.807) is 0 Å². The quantitative estimate of drug-likeness (QED) is 0.413. The van der Waals surface area contributed by atoms with E-state index in [0.717, 1.165) is 44.7 Å². The van der Waals surface area contributed by atoms with Crippen LogP contribution < -0.4 is 15.1 Å². The highest BCUT2D eigenvalue weighted by Gasteiger charge is 2.36. The Morgan fingerprint density at radius 3 is 2.35 bits per heavy atom. The number of nitrogens with one attached hydrogen (secondary N) is 1. The highest BCUT2D eigenvalue weighted by atomic mass is 19.4. The lowest BCUT2D eigenvalue weighted by Gasteiger charge is -2.39. The Morgan fingerprint density at radius 1 is 0.930 bits per heavy atom. The molecule has 0 radical (unpaired) electrons. The zero-order valence-electron chi connectivity index (χ0n) is 24.3. The summed E-state index contributed by atoms with van der Waals surface area (Å²) in [6.07, 6.45) is -1.00. The fourth-order valence-electron chi connectivity index (χ4n) is 5.42. The third kappa shape index (κ3) is 6.88. The summed E-state index contributed by atoms with van der Waals surface area (Å²) in [6.45, 7) is 7.05. The van der Waals surface area contributed by atoms with Crippen LogP contribution >= 0.6 is 0 Å². The molecule has 1 aromatic heterocycles. The van der Waals surface area contributed by atoms with Gasteiger partial charge in [0.25, 0.3) is 5.91 Å². The van der Waals surface area contributed by atoms with Crippen molar-refractivity contribution in [3.05, 3.63) is 65.5 Å². The Morgan fingerprint density at radius 2 is 1.65 bits per heavy atom. The fraction of sp³-hybridized carbons (Fsp3) is 0.433. The lowest BCUT2D eigenvalue weighted by atomic mass is 10.0. The lowest BCUT2D eigenvalue weighted by molar-refractivity contribution is -0.138. The average Bonchev–Trinajstić information content (AvgIpc) is 3.19. The molecular formula is C30H34F5N7O. The zero-order valence-corrected chi connectivity index (χ0v) is 24.3. The van der Waals surface area contributed by atoms with Crippen molar-refractivity contribution in [2.75, 3.05) is 75.0 Å². The summed E-state index contributed by atoms with van der Waals surface area (Å²) in [5, 5.41) is 2.56. The van der Waals surface area contributed by atoms with Crippen LogP contribution in [-0.4, -0.2) is 91.6 Å². The number of carbonyl (C=O) groups excluding carboxylic acids is 1. The first-order chi connectivity index (χ1) is 20.4. The highest BCUT2D eigenvalue weighted by molar-refractivity contribution is 6.07. The predicted molar refractivity (Wildman–Crippen MR) is 155 cm³/mol. The van der Waals surface area contributed by atoms with Gasteiger partial charge in [-0.05, 0) is 64.3 Å². The molecule has 2 fully saturated rings. The van der Waals surface area contributed by atoms with Crippen LogP contribution in [0.2, 0.25) is 0 Å². The van der Waals surface area contributed by atoms with Crippen LogP contribution in [0.3, 0.4) is 0 Å². The highest BCUT2D eigenvalue weighted by Crippen LogP contribution is 2.37. The topological polar surface area (TPSA) is 67.8 Å². The van der Waals surface area contributed by atoms with Crippen LogP contribution in [0.15, 0.2) is 42.7 Å². The molecule has 2 aliphatic heterocycles. The normalized spacial score (nSPS) is 18.9. The minimum atomic E-state index is -4.96. The van der Waals surface area contributed by atoms with Gasteiger partial charge in [0, 0.05) is 68.8 Å². The van der Waals surface area contributed by atoms with Crippen molar-refractivity contribution in [3.8, 4) is 11.1 Å². The molecule has 1 amide bonds. The third-order valence-corrected chi connectivity index (χ3v) is 8.12. The number of carbonyl (C=O) groups is 1. The Labute approximate surface area is 247 Å². The molecule has 3 heterocycles. The molecule has 0 bridgehead atoms. The second-order valence-electron chi connectivity index (χ2n) is 11.2. The van der Waals surface area contributed by atoms with E-state index in [9.17, 15) is 22.4 Å². The number of hydrogen-bond acceptors (Lipinski definition) is 7. The molecule has 13 heteroatoms. The fourth-order valence-corrected chi connectivity index (χ4v) is 5.42. The third-order valence-electron chi connectivity index (χ3n) is 8.12. The van der Waals surface area contributed by atoms with Gasteiger partial charge >= 0.3 is 6.18 Å². The van der Waals surface area contributed by atoms with Crippen LogP contribution in [0.25, 0.3) is 11.1 Å². The van der Waals surface area contributed by atoms with Gasteiger partial charge in [0.15, 0.2) is 0 Å². The van der Waals surface area contributed by atoms with Crippen LogP contribution in [0.5, 0.6) is 0 Å². The van der Waals surface area contributed by atoms with Crippen molar-refractivity contribution in [3.63, 3.8) is 0 Å². The smallest absolute Gasteiger partial charge is 0.367 e. The zero-order chi connectivity index (χ0) is 30.9. The van der Waals surface area contributed by atoms with Gasteiger partial charge in [0.1, 0.15) is 11.6 Å². The van der Waals surface area contributed by atoms with E-state index < -0.39 is 34.8 Å². The number of hydrogen-bond donors (Lipinski definition) is 1. The van der Waals surface area contributed by atoms with Gasteiger partial charge in [0.2, 0.25) is 5.95 Å². The first kappa shape index (κ1) is 30.6. The van der Waals surface area contributed by atoms with Gasteiger partial charge in [-0.25, -0.2) is 18.7 Å². The van der Waals surface area contributed by atoms with Gasteiger partial charge in [-0.15, -0.1) is 0 Å². The molecule has 3 aromatic rings. The second-order valence-corrected chi connectivity index (χ2v) is 11.2. The molecule has 2 aliphatic rings. The average molecular weight is 604 g/mol. The van der Waals surface area contributed by atoms with Crippen molar-refractivity contribution >= 4 is 23.2 Å². The van der Waals surface area contributed by atoms with Crippen molar-refractivity contribution in [2.45, 2.75) is 25.6 Å². The number of nitrogens with zero attached hydrogens (tertiary/aromatic N) is 6. The van der Waals surface area contributed by atoms with Gasteiger partial charge in [-0.3, -0.25) is 4.79 Å². The molecule has 0 unspecified atom stereocenters. The predicted octanol–water partition coefficient (Wildman–Crippen LogP) is 4.98. The number of amides is 1. The maximum absolute atomic E-state index is 15.7. The van der Waals surface area contributed by atoms with E-state index in [1.807, 2.05) is 18.9 Å². The summed E-state index contributed by atoms with van der Waals surface area (Å²) in [5.41, 5.74) is -1.26. The molecule has 0 saturated carbocycles. The summed E-state index contributed by atoms with van der Waals surface area (Å²) < 4.78 is 70.5. The van der Waals surface area contributed by atoms with E-state index in [-0.39, 0.29) is 23.4 Å². The second kappa shape index (κ2) is 12.4. The largest absolute Gasteiger partial charge is 0.417 e. The molecule has 2 saturated heterocycles. The molecular weight excluding hydrogens is 569 g/mol. The van der Waals surface area contributed by atoms with Crippen LogP contribution in [0.4, 0.5) is 39.3 Å². The van der Waals surface area contributed by atoms with Gasteiger partial charge in [-0.2, -0.15) is 13.2 Å². The minimum absolute atomic E-state index is 0.0820.